The number of ether oxygens (including phenoxy) is 3. The fourth-order valence-corrected chi connectivity index (χ4v) is 3.45. The van der Waals surface area contributed by atoms with Crippen molar-refractivity contribution in [2.75, 3.05) is 19.8 Å². The van der Waals surface area contributed by atoms with E-state index in [1.165, 1.54) is 0 Å². The minimum Gasteiger partial charge on any atom is -0.490 e. The molecule has 2 fully saturated rings. The molecule has 23 heavy (non-hydrogen) atoms. The number of hydrogen-bond acceptors (Lipinski definition) is 3. The van der Waals surface area contributed by atoms with Crippen LogP contribution in [-0.2, 0) is 9.47 Å². The second kappa shape index (κ2) is 7.14. The van der Waals surface area contributed by atoms with Crippen LogP contribution in [0.15, 0.2) is 12.1 Å². The van der Waals surface area contributed by atoms with Crippen LogP contribution in [0.4, 0.5) is 8.78 Å². The Labute approximate surface area is 135 Å². The van der Waals surface area contributed by atoms with Gasteiger partial charge in [-0.15, -0.1) is 0 Å². The van der Waals surface area contributed by atoms with E-state index in [9.17, 15) is 8.78 Å². The molecule has 0 unspecified atom stereocenters. The average Bonchev–Trinajstić information content (AvgIpc) is 3.01. The highest BCUT2D eigenvalue weighted by atomic mass is 19.2. The zero-order valence-corrected chi connectivity index (χ0v) is 13.6. The van der Waals surface area contributed by atoms with Crippen LogP contribution in [0.25, 0.3) is 0 Å². The first-order valence-corrected chi connectivity index (χ1v) is 8.54. The van der Waals surface area contributed by atoms with Gasteiger partial charge in [-0.25, -0.2) is 4.39 Å². The quantitative estimate of drug-likeness (QED) is 0.743. The van der Waals surface area contributed by atoms with Gasteiger partial charge in [0, 0.05) is 12.8 Å². The zero-order chi connectivity index (χ0) is 16.3. The summed E-state index contributed by atoms with van der Waals surface area (Å²) in [6.07, 6.45) is 4.73. The molecule has 1 aliphatic carbocycles. The Morgan fingerprint density at radius 2 is 1.83 bits per heavy atom. The van der Waals surface area contributed by atoms with E-state index in [2.05, 4.69) is 0 Å². The van der Waals surface area contributed by atoms with Crippen molar-refractivity contribution >= 4 is 0 Å². The highest BCUT2D eigenvalue weighted by molar-refractivity contribution is 5.33. The summed E-state index contributed by atoms with van der Waals surface area (Å²) < 4.78 is 45.3. The standard InChI is InChI=1S/C18H24F2O3/c1-2-3-10-21-15-5-4-14(16(19)17(15)20)13-6-8-18(9-7-13)22-11-12-23-18/h4-5,13H,2-3,6-12H2,1H3. The number of benzene rings is 1. The highest BCUT2D eigenvalue weighted by Gasteiger charge is 2.41. The highest BCUT2D eigenvalue weighted by Crippen LogP contribution is 2.43. The Bertz CT molecular complexity index is 531. The van der Waals surface area contributed by atoms with E-state index >= 15 is 0 Å². The van der Waals surface area contributed by atoms with Crippen LogP contribution in [-0.4, -0.2) is 25.6 Å². The zero-order valence-electron chi connectivity index (χ0n) is 13.6. The van der Waals surface area contributed by atoms with Crippen molar-refractivity contribution in [3.63, 3.8) is 0 Å². The molecule has 1 aromatic carbocycles. The van der Waals surface area contributed by atoms with E-state index in [1.807, 2.05) is 6.92 Å². The van der Waals surface area contributed by atoms with Crippen LogP contribution >= 0.6 is 0 Å². The molecule has 1 aromatic rings. The third-order valence-corrected chi connectivity index (χ3v) is 4.83. The summed E-state index contributed by atoms with van der Waals surface area (Å²) in [6.45, 7) is 3.68. The van der Waals surface area contributed by atoms with Crippen molar-refractivity contribution < 1.29 is 23.0 Å². The molecule has 1 spiro atoms. The van der Waals surface area contributed by atoms with Gasteiger partial charge in [0.1, 0.15) is 0 Å². The molecule has 0 N–H and O–H groups in total. The molecule has 1 aliphatic heterocycles. The molecule has 0 amide bonds. The topological polar surface area (TPSA) is 27.7 Å². The number of halogens is 2. The maximum absolute atomic E-state index is 14.4. The van der Waals surface area contributed by atoms with Gasteiger partial charge in [0.15, 0.2) is 17.4 Å². The molecule has 1 saturated heterocycles. The predicted molar refractivity (Wildman–Crippen MR) is 82.6 cm³/mol. The molecule has 0 radical (unpaired) electrons. The van der Waals surface area contributed by atoms with Crippen molar-refractivity contribution in [2.45, 2.75) is 57.2 Å². The molecule has 0 atom stereocenters. The maximum Gasteiger partial charge on any atom is 0.200 e. The van der Waals surface area contributed by atoms with E-state index in [0.717, 1.165) is 38.5 Å². The summed E-state index contributed by atoms with van der Waals surface area (Å²) >= 11 is 0. The van der Waals surface area contributed by atoms with Crippen LogP contribution in [0.2, 0.25) is 0 Å². The van der Waals surface area contributed by atoms with E-state index in [4.69, 9.17) is 14.2 Å². The summed E-state index contributed by atoms with van der Waals surface area (Å²) in [7, 11) is 0. The largest absolute Gasteiger partial charge is 0.490 e. The molecule has 3 rings (SSSR count). The normalized spacial score (nSPS) is 21.0. The van der Waals surface area contributed by atoms with Gasteiger partial charge in [0.25, 0.3) is 0 Å². The molecule has 1 saturated carbocycles. The van der Waals surface area contributed by atoms with Crippen molar-refractivity contribution in [2.24, 2.45) is 0 Å². The Hall–Kier alpha value is -1.20. The first-order valence-electron chi connectivity index (χ1n) is 8.54. The summed E-state index contributed by atoms with van der Waals surface area (Å²) in [4.78, 5) is 0. The van der Waals surface area contributed by atoms with Crippen LogP contribution in [0.5, 0.6) is 5.75 Å². The number of hydrogen-bond donors (Lipinski definition) is 0. The van der Waals surface area contributed by atoms with Gasteiger partial charge in [-0.05, 0) is 36.8 Å². The maximum atomic E-state index is 14.4. The Balaban J connectivity index is 1.67. The van der Waals surface area contributed by atoms with Crippen molar-refractivity contribution in [1.82, 2.24) is 0 Å². The van der Waals surface area contributed by atoms with E-state index in [-0.39, 0.29) is 11.7 Å². The van der Waals surface area contributed by atoms with Crippen LogP contribution < -0.4 is 4.74 Å². The number of rotatable bonds is 5. The lowest BCUT2D eigenvalue weighted by atomic mass is 9.80. The van der Waals surface area contributed by atoms with E-state index in [0.29, 0.717) is 25.4 Å². The average molecular weight is 326 g/mol. The van der Waals surface area contributed by atoms with Gasteiger partial charge in [-0.2, -0.15) is 4.39 Å². The second-order valence-electron chi connectivity index (χ2n) is 6.36. The van der Waals surface area contributed by atoms with Gasteiger partial charge in [0.2, 0.25) is 5.82 Å². The minimum absolute atomic E-state index is 0.00705. The summed E-state index contributed by atoms with van der Waals surface area (Å²) in [6, 6.07) is 3.22. The molecular formula is C18H24F2O3. The first kappa shape index (κ1) is 16.7. The molecule has 128 valence electrons. The summed E-state index contributed by atoms with van der Waals surface area (Å²) in [5.41, 5.74) is 0.443. The van der Waals surface area contributed by atoms with Gasteiger partial charge in [0.05, 0.1) is 19.8 Å². The van der Waals surface area contributed by atoms with Gasteiger partial charge in [-0.1, -0.05) is 19.4 Å². The molecular weight excluding hydrogens is 302 g/mol. The molecule has 0 bridgehead atoms. The predicted octanol–water partition coefficient (Wildman–Crippen LogP) is 4.54. The fourth-order valence-electron chi connectivity index (χ4n) is 3.45. The Morgan fingerprint density at radius 1 is 1.13 bits per heavy atom. The molecule has 1 heterocycles. The van der Waals surface area contributed by atoms with Gasteiger partial charge in [-0.3, -0.25) is 0 Å². The third-order valence-electron chi connectivity index (χ3n) is 4.83. The lowest BCUT2D eigenvalue weighted by Gasteiger charge is -2.35. The smallest absolute Gasteiger partial charge is 0.200 e. The van der Waals surface area contributed by atoms with Crippen molar-refractivity contribution in [1.29, 1.82) is 0 Å². The molecule has 5 heteroatoms. The second-order valence-corrected chi connectivity index (χ2v) is 6.36. The van der Waals surface area contributed by atoms with Gasteiger partial charge < -0.3 is 14.2 Å². The van der Waals surface area contributed by atoms with Crippen LogP contribution in [0.1, 0.15) is 56.9 Å². The van der Waals surface area contributed by atoms with Crippen LogP contribution in [0, 0.1) is 11.6 Å². The SMILES string of the molecule is CCCCOc1ccc(C2CCC3(CC2)OCCO3)c(F)c1F. The van der Waals surface area contributed by atoms with Crippen molar-refractivity contribution in [3.8, 4) is 5.75 Å². The monoisotopic (exact) mass is 326 g/mol. The van der Waals surface area contributed by atoms with E-state index < -0.39 is 17.4 Å². The first-order chi connectivity index (χ1) is 11.2. The molecule has 3 nitrogen and oxygen atoms in total. The molecule has 2 aliphatic rings. The van der Waals surface area contributed by atoms with E-state index in [1.54, 1.807) is 12.1 Å². The fraction of sp³-hybridized carbons (Fsp3) is 0.667. The number of unbranched alkanes of at least 4 members (excludes halogenated alkanes) is 1. The lowest BCUT2D eigenvalue weighted by molar-refractivity contribution is -0.178. The minimum atomic E-state index is -0.868. The van der Waals surface area contributed by atoms with Crippen LogP contribution in [0.3, 0.4) is 0 Å². The third kappa shape index (κ3) is 3.50. The van der Waals surface area contributed by atoms with Crippen molar-refractivity contribution in [3.05, 3.63) is 29.3 Å². The summed E-state index contributed by atoms with van der Waals surface area (Å²) in [5.74, 6) is -2.10. The summed E-state index contributed by atoms with van der Waals surface area (Å²) in [5, 5.41) is 0. The Morgan fingerprint density at radius 3 is 2.48 bits per heavy atom. The molecule has 0 aromatic heterocycles. The Kier molecular flexibility index (Phi) is 5.17. The lowest BCUT2D eigenvalue weighted by Crippen LogP contribution is -2.34. The van der Waals surface area contributed by atoms with Gasteiger partial charge >= 0.3 is 0 Å².